The molecule has 2 nitrogen and oxygen atoms in total. The van der Waals surface area contributed by atoms with Gasteiger partial charge < -0.3 is 5.32 Å². The van der Waals surface area contributed by atoms with Gasteiger partial charge in [0.1, 0.15) is 0 Å². The van der Waals surface area contributed by atoms with E-state index in [1.807, 2.05) is 30.0 Å². The molecule has 3 rings (SSSR count). The van der Waals surface area contributed by atoms with Crippen LogP contribution in [0.1, 0.15) is 18.5 Å². The van der Waals surface area contributed by atoms with E-state index in [9.17, 15) is 4.79 Å². The number of rotatable bonds is 4. The van der Waals surface area contributed by atoms with Gasteiger partial charge in [0.05, 0.1) is 11.3 Å². The van der Waals surface area contributed by atoms with Crippen LogP contribution >= 0.6 is 23.5 Å². The third-order valence-electron chi connectivity index (χ3n) is 3.98. The largest absolute Gasteiger partial charge is 0.349 e. The summed E-state index contributed by atoms with van der Waals surface area (Å²) in [6.45, 7) is 2.05. The van der Waals surface area contributed by atoms with Gasteiger partial charge in [0.15, 0.2) is 0 Å². The quantitative estimate of drug-likeness (QED) is 0.893. The van der Waals surface area contributed by atoms with Gasteiger partial charge in [-0.2, -0.15) is 11.8 Å². The second kappa shape index (κ2) is 7.93. The molecule has 1 amide bonds. The first-order valence-corrected chi connectivity index (χ1v) is 10.1. The third-order valence-corrected chi connectivity index (χ3v) is 6.74. The zero-order valence-electron chi connectivity index (χ0n) is 13.2. The van der Waals surface area contributed by atoms with E-state index in [0.717, 1.165) is 22.8 Å². The molecule has 0 aromatic heterocycles. The zero-order chi connectivity index (χ0) is 16.1. The summed E-state index contributed by atoms with van der Waals surface area (Å²) in [6.07, 6.45) is 0. The van der Waals surface area contributed by atoms with Gasteiger partial charge in [-0.3, -0.25) is 4.79 Å². The minimum absolute atomic E-state index is 0.0415. The van der Waals surface area contributed by atoms with Crippen molar-refractivity contribution < 1.29 is 4.79 Å². The summed E-state index contributed by atoms with van der Waals surface area (Å²) >= 11 is 3.65. The van der Waals surface area contributed by atoms with Crippen LogP contribution < -0.4 is 5.32 Å². The molecule has 1 aliphatic rings. The SMILES string of the molecule is CC(NC(=O)C1CSCCS1)c1ccc(-c2ccccc2)cc1. The van der Waals surface area contributed by atoms with E-state index in [1.165, 1.54) is 11.1 Å². The maximum absolute atomic E-state index is 12.3. The van der Waals surface area contributed by atoms with Crippen molar-refractivity contribution in [3.63, 3.8) is 0 Å². The van der Waals surface area contributed by atoms with E-state index in [0.29, 0.717) is 0 Å². The summed E-state index contributed by atoms with van der Waals surface area (Å²) in [6, 6.07) is 18.8. The number of benzene rings is 2. The van der Waals surface area contributed by atoms with Gasteiger partial charge in [0, 0.05) is 17.3 Å². The average Bonchev–Trinajstić information content (AvgIpc) is 2.63. The molecule has 0 radical (unpaired) electrons. The van der Waals surface area contributed by atoms with Crippen molar-refractivity contribution in [1.82, 2.24) is 5.32 Å². The van der Waals surface area contributed by atoms with Crippen LogP contribution in [-0.4, -0.2) is 28.4 Å². The van der Waals surface area contributed by atoms with E-state index in [1.54, 1.807) is 11.8 Å². The highest BCUT2D eigenvalue weighted by molar-refractivity contribution is 8.07. The Morgan fingerprint density at radius 2 is 1.74 bits per heavy atom. The standard InChI is InChI=1S/C19H21NOS2/c1-14(20-19(21)18-13-22-11-12-23-18)15-7-9-17(10-8-15)16-5-3-2-4-6-16/h2-10,14,18H,11-13H2,1H3,(H,20,21). The first-order chi connectivity index (χ1) is 11.2. The van der Waals surface area contributed by atoms with Crippen molar-refractivity contribution >= 4 is 29.4 Å². The zero-order valence-corrected chi connectivity index (χ0v) is 14.8. The van der Waals surface area contributed by atoms with Crippen LogP contribution in [0.25, 0.3) is 11.1 Å². The first kappa shape index (κ1) is 16.5. The van der Waals surface area contributed by atoms with Crippen molar-refractivity contribution in [2.75, 3.05) is 17.3 Å². The Bertz CT molecular complexity index is 636. The highest BCUT2D eigenvalue weighted by Crippen LogP contribution is 2.26. The lowest BCUT2D eigenvalue weighted by Gasteiger charge is -2.23. The lowest BCUT2D eigenvalue weighted by atomic mass is 10.0. The van der Waals surface area contributed by atoms with Crippen LogP contribution in [0.5, 0.6) is 0 Å². The highest BCUT2D eigenvalue weighted by atomic mass is 32.2. The summed E-state index contributed by atoms with van der Waals surface area (Å²) in [5.74, 6) is 3.33. The Hall–Kier alpha value is -1.39. The molecule has 4 heteroatoms. The number of carbonyl (C=O) groups excluding carboxylic acids is 1. The second-order valence-electron chi connectivity index (χ2n) is 5.65. The summed E-state index contributed by atoms with van der Waals surface area (Å²) in [5, 5.41) is 3.25. The van der Waals surface area contributed by atoms with E-state index >= 15 is 0 Å². The molecule has 120 valence electrons. The minimum Gasteiger partial charge on any atom is -0.349 e. The van der Waals surface area contributed by atoms with Crippen molar-refractivity contribution in [3.05, 3.63) is 60.2 Å². The fraction of sp³-hybridized carbons (Fsp3) is 0.316. The number of amides is 1. The maximum atomic E-state index is 12.3. The molecular formula is C19H21NOS2. The molecule has 2 aromatic rings. The Morgan fingerprint density at radius 1 is 1.04 bits per heavy atom. The molecule has 2 aromatic carbocycles. The lowest BCUT2D eigenvalue weighted by Crippen LogP contribution is -2.37. The van der Waals surface area contributed by atoms with Gasteiger partial charge in [-0.15, -0.1) is 11.8 Å². The normalized spacial score (nSPS) is 19.1. The third kappa shape index (κ3) is 4.33. The molecule has 1 aliphatic heterocycles. The molecule has 1 N–H and O–H groups in total. The maximum Gasteiger partial charge on any atom is 0.234 e. The number of hydrogen-bond acceptors (Lipinski definition) is 3. The number of nitrogens with one attached hydrogen (secondary N) is 1. The Kier molecular flexibility index (Phi) is 5.68. The first-order valence-electron chi connectivity index (χ1n) is 7.89. The topological polar surface area (TPSA) is 29.1 Å². The molecule has 0 aliphatic carbocycles. The second-order valence-corrected chi connectivity index (χ2v) is 8.11. The summed E-state index contributed by atoms with van der Waals surface area (Å²) in [7, 11) is 0. The summed E-state index contributed by atoms with van der Waals surface area (Å²) in [4.78, 5) is 12.3. The van der Waals surface area contributed by atoms with E-state index in [4.69, 9.17) is 0 Å². The monoisotopic (exact) mass is 343 g/mol. The molecule has 1 fully saturated rings. The van der Waals surface area contributed by atoms with Gasteiger partial charge in [-0.1, -0.05) is 54.6 Å². The summed E-state index contributed by atoms with van der Waals surface area (Å²) < 4.78 is 0. The lowest BCUT2D eigenvalue weighted by molar-refractivity contribution is -0.120. The predicted molar refractivity (Wildman–Crippen MR) is 102 cm³/mol. The van der Waals surface area contributed by atoms with E-state index in [-0.39, 0.29) is 17.2 Å². The van der Waals surface area contributed by atoms with Crippen molar-refractivity contribution in [3.8, 4) is 11.1 Å². The highest BCUT2D eigenvalue weighted by Gasteiger charge is 2.23. The minimum atomic E-state index is 0.0415. The van der Waals surface area contributed by atoms with Gasteiger partial charge in [-0.25, -0.2) is 0 Å². The smallest absolute Gasteiger partial charge is 0.234 e. The summed E-state index contributed by atoms with van der Waals surface area (Å²) in [5.41, 5.74) is 3.56. The predicted octanol–water partition coefficient (Wildman–Crippen LogP) is 4.38. The Balaban J connectivity index is 1.63. The molecular weight excluding hydrogens is 322 g/mol. The van der Waals surface area contributed by atoms with Gasteiger partial charge in [-0.05, 0) is 23.6 Å². The Morgan fingerprint density at radius 3 is 2.39 bits per heavy atom. The molecule has 0 saturated carbocycles. The van der Waals surface area contributed by atoms with E-state index in [2.05, 4.69) is 48.6 Å². The number of carbonyl (C=O) groups is 1. The van der Waals surface area contributed by atoms with Gasteiger partial charge in [0.25, 0.3) is 0 Å². The van der Waals surface area contributed by atoms with Gasteiger partial charge in [0.2, 0.25) is 5.91 Å². The molecule has 2 atom stereocenters. The number of hydrogen-bond donors (Lipinski definition) is 1. The molecule has 1 heterocycles. The molecule has 23 heavy (non-hydrogen) atoms. The average molecular weight is 344 g/mol. The van der Waals surface area contributed by atoms with Crippen LogP contribution in [0.2, 0.25) is 0 Å². The van der Waals surface area contributed by atoms with Crippen LogP contribution in [0, 0.1) is 0 Å². The molecule has 0 spiro atoms. The fourth-order valence-electron chi connectivity index (χ4n) is 2.62. The number of thioether (sulfide) groups is 2. The van der Waals surface area contributed by atoms with E-state index < -0.39 is 0 Å². The van der Waals surface area contributed by atoms with Gasteiger partial charge >= 0.3 is 0 Å². The van der Waals surface area contributed by atoms with Crippen LogP contribution in [0.3, 0.4) is 0 Å². The van der Waals surface area contributed by atoms with Crippen molar-refractivity contribution in [1.29, 1.82) is 0 Å². The molecule has 2 unspecified atom stereocenters. The Labute approximate surface area is 146 Å². The van der Waals surface area contributed by atoms with Crippen molar-refractivity contribution in [2.45, 2.75) is 18.2 Å². The fourth-order valence-corrected chi connectivity index (χ4v) is 5.19. The van der Waals surface area contributed by atoms with Crippen LogP contribution in [0.4, 0.5) is 0 Å². The van der Waals surface area contributed by atoms with Crippen molar-refractivity contribution in [2.24, 2.45) is 0 Å². The van der Waals surface area contributed by atoms with Crippen LogP contribution in [0.15, 0.2) is 54.6 Å². The van der Waals surface area contributed by atoms with Crippen LogP contribution in [-0.2, 0) is 4.79 Å². The molecule has 0 bridgehead atoms. The molecule has 1 saturated heterocycles.